The van der Waals surface area contributed by atoms with Crippen LogP contribution in [0.3, 0.4) is 0 Å². The van der Waals surface area contributed by atoms with Gasteiger partial charge in [-0.15, -0.1) is 0 Å². The van der Waals surface area contributed by atoms with E-state index in [1.807, 2.05) is 19.1 Å². The first-order chi connectivity index (χ1) is 15.0. The smallest absolute Gasteiger partial charge is 0.243 e. The number of hydrogen-bond donors (Lipinski definition) is 1. The van der Waals surface area contributed by atoms with Gasteiger partial charge in [-0.05, 0) is 54.7 Å². The van der Waals surface area contributed by atoms with Crippen LogP contribution in [0.1, 0.15) is 56.6 Å². The Bertz CT molecular complexity index is 864. The molecule has 1 atom stereocenters. The van der Waals surface area contributed by atoms with Crippen LogP contribution in [0.2, 0.25) is 5.02 Å². The minimum atomic E-state index is -0.564. The standard InChI is InChI=1S/C25H30ClFN2O2/c1-2-23(25(31)28-22-6-4-3-5-7-22)29(17-19-8-12-20(26)13-9-19)24(30)16-18-10-14-21(27)15-11-18/h8-15,22-23H,2-7,16-17H2,1H3,(H,28,31)/t23-/m0/s1. The highest BCUT2D eigenvalue weighted by atomic mass is 35.5. The molecule has 2 aromatic rings. The van der Waals surface area contributed by atoms with Crippen molar-refractivity contribution >= 4 is 23.4 Å². The van der Waals surface area contributed by atoms with Gasteiger partial charge in [0, 0.05) is 17.6 Å². The molecule has 6 heteroatoms. The monoisotopic (exact) mass is 444 g/mol. The number of nitrogens with zero attached hydrogens (tertiary/aromatic N) is 1. The molecule has 2 aromatic carbocycles. The Kier molecular flexibility index (Phi) is 8.47. The molecule has 31 heavy (non-hydrogen) atoms. The molecule has 1 saturated carbocycles. The highest BCUT2D eigenvalue weighted by molar-refractivity contribution is 6.30. The van der Waals surface area contributed by atoms with E-state index in [0.29, 0.717) is 18.0 Å². The Morgan fingerprint density at radius 1 is 1.03 bits per heavy atom. The zero-order chi connectivity index (χ0) is 22.2. The van der Waals surface area contributed by atoms with Crippen molar-refractivity contribution in [3.8, 4) is 0 Å². The molecule has 4 nitrogen and oxygen atoms in total. The van der Waals surface area contributed by atoms with Gasteiger partial charge in [-0.3, -0.25) is 9.59 Å². The van der Waals surface area contributed by atoms with Crippen LogP contribution in [-0.4, -0.2) is 28.8 Å². The second-order valence-corrected chi connectivity index (χ2v) is 8.66. The van der Waals surface area contributed by atoms with Crippen LogP contribution in [-0.2, 0) is 22.6 Å². The highest BCUT2D eigenvalue weighted by Crippen LogP contribution is 2.20. The number of rotatable bonds is 8. The average Bonchev–Trinajstić information content (AvgIpc) is 2.77. The Balaban J connectivity index is 1.79. The number of carbonyl (C=O) groups excluding carboxylic acids is 2. The third kappa shape index (κ3) is 6.79. The number of carbonyl (C=O) groups is 2. The van der Waals surface area contributed by atoms with Crippen LogP contribution in [0, 0.1) is 5.82 Å². The van der Waals surface area contributed by atoms with Crippen LogP contribution in [0.5, 0.6) is 0 Å². The summed E-state index contributed by atoms with van der Waals surface area (Å²) >= 11 is 6.00. The van der Waals surface area contributed by atoms with E-state index in [4.69, 9.17) is 11.6 Å². The number of nitrogens with one attached hydrogen (secondary N) is 1. The van der Waals surface area contributed by atoms with Crippen molar-refractivity contribution in [2.24, 2.45) is 0 Å². The lowest BCUT2D eigenvalue weighted by Crippen LogP contribution is -2.51. The van der Waals surface area contributed by atoms with E-state index in [2.05, 4.69) is 5.32 Å². The fourth-order valence-electron chi connectivity index (χ4n) is 4.13. The molecule has 0 radical (unpaired) electrons. The molecule has 1 fully saturated rings. The minimum absolute atomic E-state index is 0.101. The van der Waals surface area contributed by atoms with Crippen LogP contribution >= 0.6 is 11.6 Å². The Morgan fingerprint density at radius 3 is 2.26 bits per heavy atom. The van der Waals surface area contributed by atoms with Crippen molar-refractivity contribution in [1.82, 2.24) is 10.2 Å². The lowest BCUT2D eigenvalue weighted by Gasteiger charge is -2.33. The van der Waals surface area contributed by atoms with E-state index in [1.54, 1.807) is 29.2 Å². The lowest BCUT2D eigenvalue weighted by molar-refractivity contribution is -0.141. The summed E-state index contributed by atoms with van der Waals surface area (Å²) in [7, 11) is 0. The first-order valence-corrected chi connectivity index (χ1v) is 11.4. The van der Waals surface area contributed by atoms with Crippen molar-refractivity contribution in [2.45, 2.75) is 70.5 Å². The topological polar surface area (TPSA) is 49.4 Å². The maximum atomic E-state index is 13.3. The normalized spacial score (nSPS) is 15.3. The summed E-state index contributed by atoms with van der Waals surface area (Å²) in [6.07, 6.45) is 6.07. The molecule has 0 unspecified atom stereocenters. The molecule has 0 heterocycles. The highest BCUT2D eigenvalue weighted by Gasteiger charge is 2.30. The predicted octanol–water partition coefficient (Wildman–Crippen LogP) is 5.28. The van der Waals surface area contributed by atoms with Crippen LogP contribution in [0.25, 0.3) is 0 Å². The number of halogens is 2. The molecule has 3 rings (SSSR count). The molecule has 0 aromatic heterocycles. The molecule has 2 amide bonds. The first-order valence-electron chi connectivity index (χ1n) is 11.0. The van der Waals surface area contributed by atoms with Gasteiger partial charge in [0.05, 0.1) is 6.42 Å². The number of benzene rings is 2. The van der Waals surface area contributed by atoms with Crippen LogP contribution < -0.4 is 5.32 Å². The first kappa shape index (κ1) is 23.3. The van der Waals surface area contributed by atoms with Gasteiger partial charge in [0.1, 0.15) is 11.9 Å². The van der Waals surface area contributed by atoms with Gasteiger partial charge in [0.15, 0.2) is 0 Å². The summed E-state index contributed by atoms with van der Waals surface area (Å²) in [5, 5.41) is 3.79. The minimum Gasteiger partial charge on any atom is -0.352 e. The second kappa shape index (κ2) is 11.3. The average molecular weight is 445 g/mol. The van der Waals surface area contributed by atoms with E-state index in [1.165, 1.54) is 18.6 Å². The van der Waals surface area contributed by atoms with Gasteiger partial charge < -0.3 is 10.2 Å². The van der Waals surface area contributed by atoms with Crippen molar-refractivity contribution in [3.63, 3.8) is 0 Å². The van der Waals surface area contributed by atoms with Gasteiger partial charge in [-0.2, -0.15) is 0 Å². The molecule has 0 aliphatic heterocycles. The maximum Gasteiger partial charge on any atom is 0.243 e. The summed E-state index contributed by atoms with van der Waals surface area (Å²) in [5.74, 6) is -0.601. The van der Waals surface area contributed by atoms with Crippen molar-refractivity contribution in [1.29, 1.82) is 0 Å². The van der Waals surface area contributed by atoms with Crippen molar-refractivity contribution in [2.75, 3.05) is 0 Å². The fourth-order valence-corrected chi connectivity index (χ4v) is 4.25. The SMILES string of the molecule is CC[C@@H](C(=O)NC1CCCCC1)N(Cc1ccc(Cl)cc1)C(=O)Cc1ccc(F)cc1. The summed E-state index contributed by atoms with van der Waals surface area (Å²) in [6.45, 7) is 2.24. The van der Waals surface area contributed by atoms with Gasteiger partial charge in [-0.1, -0.05) is 62.1 Å². The largest absolute Gasteiger partial charge is 0.352 e. The molecule has 1 aliphatic rings. The zero-order valence-electron chi connectivity index (χ0n) is 17.9. The van der Waals surface area contributed by atoms with E-state index < -0.39 is 6.04 Å². The lowest BCUT2D eigenvalue weighted by atomic mass is 9.95. The summed E-state index contributed by atoms with van der Waals surface area (Å²) in [5.41, 5.74) is 1.62. The van der Waals surface area contributed by atoms with Crippen LogP contribution in [0.4, 0.5) is 4.39 Å². The molecular weight excluding hydrogens is 415 g/mol. The molecule has 0 spiro atoms. The van der Waals surface area contributed by atoms with E-state index in [0.717, 1.165) is 36.8 Å². The third-order valence-corrected chi connectivity index (χ3v) is 6.12. The van der Waals surface area contributed by atoms with Gasteiger partial charge in [0.2, 0.25) is 11.8 Å². The van der Waals surface area contributed by atoms with E-state index in [9.17, 15) is 14.0 Å². The summed E-state index contributed by atoms with van der Waals surface area (Å²) < 4.78 is 13.3. The Hall–Kier alpha value is -2.40. The predicted molar refractivity (Wildman–Crippen MR) is 121 cm³/mol. The quantitative estimate of drug-likeness (QED) is 0.602. The zero-order valence-corrected chi connectivity index (χ0v) is 18.7. The second-order valence-electron chi connectivity index (χ2n) is 8.22. The Labute approximate surface area is 188 Å². The summed E-state index contributed by atoms with van der Waals surface area (Å²) in [6, 6.07) is 12.8. The Morgan fingerprint density at radius 2 is 1.65 bits per heavy atom. The molecule has 0 bridgehead atoms. The van der Waals surface area contributed by atoms with Crippen molar-refractivity contribution in [3.05, 3.63) is 70.5 Å². The van der Waals surface area contributed by atoms with E-state index >= 15 is 0 Å². The van der Waals surface area contributed by atoms with Gasteiger partial charge in [0.25, 0.3) is 0 Å². The molecular formula is C25H30ClFN2O2. The van der Waals surface area contributed by atoms with E-state index in [-0.39, 0.29) is 30.1 Å². The van der Waals surface area contributed by atoms with Gasteiger partial charge >= 0.3 is 0 Å². The maximum absolute atomic E-state index is 13.3. The molecule has 166 valence electrons. The molecule has 1 N–H and O–H groups in total. The molecule has 0 saturated heterocycles. The number of amides is 2. The van der Waals surface area contributed by atoms with Gasteiger partial charge in [-0.25, -0.2) is 4.39 Å². The van der Waals surface area contributed by atoms with Crippen LogP contribution in [0.15, 0.2) is 48.5 Å². The van der Waals surface area contributed by atoms with Crippen molar-refractivity contribution < 1.29 is 14.0 Å². The summed E-state index contributed by atoms with van der Waals surface area (Å²) in [4.78, 5) is 28.1. The number of hydrogen-bond acceptors (Lipinski definition) is 2. The fraction of sp³-hybridized carbons (Fsp3) is 0.440. The third-order valence-electron chi connectivity index (χ3n) is 5.87. The molecule has 1 aliphatic carbocycles.